The number of benzene rings is 1. The van der Waals surface area contributed by atoms with E-state index in [0.29, 0.717) is 6.04 Å². The molecule has 0 bridgehead atoms. The second-order valence-corrected chi connectivity index (χ2v) is 7.35. The summed E-state index contributed by atoms with van der Waals surface area (Å²) in [5, 5.41) is 3.64. The first-order valence-corrected chi connectivity index (χ1v) is 9.11. The van der Waals surface area contributed by atoms with Crippen molar-refractivity contribution in [3.05, 3.63) is 54.8 Å². The SMILES string of the molecule is CCNC(Cc1ccc(CC)s1)c1cccc(C)c1I. The zero-order chi connectivity index (χ0) is 14.5. The fourth-order valence-corrected chi connectivity index (χ4v) is 4.14. The molecule has 1 aromatic carbocycles. The van der Waals surface area contributed by atoms with Gasteiger partial charge in [0, 0.05) is 25.8 Å². The molecular weight excluding hydrogens is 377 g/mol. The maximum absolute atomic E-state index is 3.64. The minimum atomic E-state index is 0.412. The molecule has 1 nitrogen and oxygen atoms in total. The quantitative estimate of drug-likeness (QED) is 0.666. The molecular formula is C17H22INS. The van der Waals surface area contributed by atoms with Crippen molar-refractivity contribution in [1.29, 1.82) is 0 Å². The largest absolute Gasteiger partial charge is 0.310 e. The van der Waals surface area contributed by atoms with Gasteiger partial charge in [0.2, 0.25) is 0 Å². The lowest BCUT2D eigenvalue weighted by atomic mass is 10.0. The smallest absolute Gasteiger partial charge is 0.0379 e. The van der Waals surface area contributed by atoms with E-state index in [9.17, 15) is 0 Å². The first-order valence-electron chi connectivity index (χ1n) is 7.21. The molecule has 2 aromatic rings. The fraction of sp³-hybridized carbons (Fsp3) is 0.412. The third kappa shape index (κ3) is 3.83. The molecule has 20 heavy (non-hydrogen) atoms. The van der Waals surface area contributed by atoms with Gasteiger partial charge in [-0.1, -0.05) is 32.0 Å². The number of likely N-dealkylation sites (N-methyl/N-ethyl adjacent to an activating group) is 1. The molecule has 0 aliphatic heterocycles. The Morgan fingerprint density at radius 2 is 1.90 bits per heavy atom. The monoisotopic (exact) mass is 399 g/mol. The van der Waals surface area contributed by atoms with Crippen LogP contribution in [-0.4, -0.2) is 6.54 Å². The predicted octanol–water partition coefficient (Wildman–Crippen LogP) is 5.12. The highest BCUT2D eigenvalue weighted by Crippen LogP contribution is 2.28. The van der Waals surface area contributed by atoms with Gasteiger partial charge in [-0.25, -0.2) is 0 Å². The first-order chi connectivity index (χ1) is 9.65. The highest BCUT2D eigenvalue weighted by atomic mass is 127. The van der Waals surface area contributed by atoms with E-state index >= 15 is 0 Å². The normalized spacial score (nSPS) is 12.6. The van der Waals surface area contributed by atoms with Crippen LogP contribution in [0, 0.1) is 10.5 Å². The summed E-state index contributed by atoms with van der Waals surface area (Å²) in [6.45, 7) is 7.59. The molecule has 0 radical (unpaired) electrons. The Labute approximate surface area is 139 Å². The van der Waals surface area contributed by atoms with Crippen molar-refractivity contribution < 1.29 is 0 Å². The number of hydrogen-bond donors (Lipinski definition) is 1. The molecule has 0 saturated heterocycles. The van der Waals surface area contributed by atoms with Crippen LogP contribution in [0.25, 0.3) is 0 Å². The standard InChI is InChI=1S/C17H22INS/c1-4-13-9-10-14(20-13)11-16(19-5-2)15-8-6-7-12(3)17(15)18/h6-10,16,19H,4-5,11H2,1-3H3. The third-order valence-corrected chi connectivity index (χ3v) is 6.24. The lowest BCUT2D eigenvalue weighted by Crippen LogP contribution is -2.23. The number of aryl methyl sites for hydroxylation is 2. The summed E-state index contributed by atoms with van der Waals surface area (Å²) in [5.74, 6) is 0. The van der Waals surface area contributed by atoms with Crippen molar-refractivity contribution in [3.63, 3.8) is 0 Å². The molecule has 0 fully saturated rings. The molecule has 0 saturated carbocycles. The third-order valence-electron chi connectivity index (χ3n) is 3.52. The summed E-state index contributed by atoms with van der Waals surface area (Å²) in [6.07, 6.45) is 2.22. The highest BCUT2D eigenvalue weighted by Gasteiger charge is 2.16. The maximum Gasteiger partial charge on any atom is 0.0379 e. The molecule has 0 aliphatic rings. The number of thiophene rings is 1. The summed E-state index contributed by atoms with van der Waals surface area (Å²) in [5.41, 5.74) is 2.80. The van der Waals surface area contributed by atoms with Crippen molar-refractivity contribution in [3.8, 4) is 0 Å². The molecule has 1 unspecified atom stereocenters. The maximum atomic E-state index is 3.64. The number of hydrogen-bond acceptors (Lipinski definition) is 2. The second-order valence-electron chi connectivity index (χ2n) is 5.01. The van der Waals surface area contributed by atoms with Gasteiger partial charge in [0.15, 0.2) is 0 Å². The summed E-state index contributed by atoms with van der Waals surface area (Å²) >= 11 is 4.43. The van der Waals surface area contributed by atoms with E-state index in [4.69, 9.17) is 0 Å². The van der Waals surface area contributed by atoms with E-state index in [-0.39, 0.29) is 0 Å². The van der Waals surface area contributed by atoms with Gasteiger partial charge < -0.3 is 5.32 Å². The Kier molecular flexibility index (Phi) is 6.05. The van der Waals surface area contributed by atoms with Crippen molar-refractivity contribution in [2.45, 2.75) is 39.7 Å². The van der Waals surface area contributed by atoms with Gasteiger partial charge in [-0.3, -0.25) is 0 Å². The van der Waals surface area contributed by atoms with Crippen LogP contribution in [0.2, 0.25) is 0 Å². The Bertz CT molecular complexity index is 562. The number of halogens is 1. The second kappa shape index (κ2) is 7.57. The van der Waals surface area contributed by atoms with Gasteiger partial charge in [0.05, 0.1) is 0 Å². The van der Waals surface area contributed by atoms with E-state index in [1.54, 1.807) is 0 Å². The van der Waals surface area contributed by atoms with Crippen LogP contribution < -0.4 is 5.32 Å². The summed E-state index contributed by atoms with van der Waals surface area (Å²) in [7, 11) is 0. The van der Waals surface area contributed by atoms with Crippen LogP contribution in [-0.2, 0) is 12.8 Å². The van der Waals surface area contributed by atoms with Crippen LogP contribution >= 0.6 is 33.9 Å². The van der Waals surface area contributed by atoms with Gasteiger partial charge in [-0.15, -0.1) is 11.3 Å². The molecule has 1 heterocycles. The van der Waals surface area contributed by atoms with Crippen molar-refractivity contribution >= 4 is 33.9 Å². The average Bonchev–Trinajstić information content (AvgIpc) is 2.89. The Balaban J connectivity index is 2.24. The number of nitrogens with one attached hydrogen (secondary N) is 1. The summed E-state index contributed by atoms with van der Waals surface area (Å²) < 4.78 is 1.39. The molecule has 1 N–H and O–H groups in total. The Morgan fingerprint density at radius 3 is 2.55 bits per heavy atom. The van der Waals surface area contributed by atoms with E-state index < -0.39 is 0 Å². The van der Waals surface area contributed by atoms with Gasteiger partial charge in [0.25, 0.3) is 0 Å². The minimum Gasteiger partial charge on any atom is -0.310 e. The van der Waals surface area contributed by atoms with Crippen molar-refractivity contribution in [2.75, 3.05) is 6.54 Å². The molecule has 0 spiro atoms. The average molecular weight is 399 g/mol. The van der Waals surface area contributed by atoms with E-state index in [1.807, 2.05) is 11.3 Å². The molecule has 0 amide bonds. The molecule has 1 atom stereocenters. The zero-order valence-corrected chi connectivity index (χ0v) is 15.3. The zero-order valence-electron chi connectivity index (χ0n) is 12.4. The van der Waals surface area contributed by atoms with Gasteiger partial charge >= 0.3 is 0 Å². The van der Waals surface area contributed by atoms with E-state index in [1.165, 1.54) is 24.5 Å². The van der Waals surface area contributed by atoms with Crippen molar-refractivity contribution in [2.24, 2.45) is 0 Å². The van der Waals surface area contributed by atoms with Gasteiger partial charge in [-0.05, 0) is 65.7 Å². The van der Waals surface area contributed by atoms with Crippen LogP contribution in [0.1, 0.15) is 40.8 Å². The molecule has 1 aromatic heterocycles. The lowest BCUT2D eigenvalue weighted by Gasteiger charge is -2.20. The topological polar surface area (TPSA) is 12.0 Å². The minimum absolute atomic E-state index is 0.412. The summed E-state index contributed by atoms with van der Waals surface area (Å²) in [6, 6.07) is 11.6. The van der Waals surface area contributed by atoms with Crippen LogP contribution in [0.15, 0.2) is 30.3 Å². The van der Waals surface area contributed by atoms with Gasteiger partial charge in [0.1, 0.15) is 0 Å². The molecule has 2 rings (SSSR count). The summed E-state index contributed by atoms with van der Waals surface area (Å²) in [4.78, 5) is 2.96. The highest BCUT2D eigenvalue weighted by molar-refractivity contribution is 14.1. The molecule has 108 valence electrons. The van der Waals surface area contributed by atoms with E-state index in [0.717, 1.165) is 19.4 Å². The van der Waals surface area contributed by atoms with Crippen LogP contribution in [0.4, 0.5) is 0 Å². The van der Waals surface area contributed by atoms with Crippen LogP contribution in [0.3, 0.4) is 0 Å². The fourth-order valence-electron chi connectivity index (χ4n) is 2.40. The van der Waals surface area contributed by atoms with Crippen LogP contribution in [0.5, 0.6) is 0 Å². The molecule has 0 aliphatic carbocycles. The Morgan fingerprint density at radius 1 is 1.15 bits per heavy atom. The first kappa shape index (κ1) is 16.0. The van der Waals surface area contributed by atoms with Gasteiger partial charge in [-0.2, -0.15) is 0 Å². The molecule has 3 heteroatoms. The van der Waals surface area contributed by atoms with Crippen molar-refractivity contribution in [1.82, 2.24) is 5.32 Å². The Hall–Kier alpha value is -0.390. The number of rotatable bonds is 6. The lowest BCUT2D eigenvalue weighted by molar-refractivity contribution is 0.551. The van der Waals surface area contributed by atoms with E-state index in [2.05, 4.69) is 79.0 Å². The predicted molar refractivity (Wildman–Crippen MR) is 97.7 cm³/mol.